The molecule has 1 aromatic heterocycles. The molecular weight excluding hydrogens is 180 g/mol. The molecule has 4 nitrogen and oxygen atoms in total. The van der Waals surface area contributed by atoms with E-state index in [0.29, 0.717) is 12.2 Å². The number of nitrogens with one attached hydrogen (secondary N) is 1. The highest BCUT2D eigenvalue weighted by molar-refractivity contribution is 5.92. The van der Waals surface area contributed by atoms with Crippen molar-refractivity contribution >= 4 is 5.91 Å². The highest BCUT2D eigenvalue weighted by Crippen LogP contribution is 1.94. The Morgan fingerprint density at radius 1 is 1.64 bits per heavy atom. The Hall–Kier alpha value is -1.42. The van der Waals surface area contributed by atoms with Gasteiger partial charge in [0.15, 0.2) is 0 Å². The van der Waals surface area contributed by atoms with Gasteiger partial charge in [0.25, 0.3) is 5.91 Å². The summed E-state index contributed by atoms with van der Waals surface area (Å²) in [5.74, 6) is -0.131. The van der Waals surface area contributed by atoms with Crippen molar-refractivity contribution in [1.29, 1.82) is 0 Å². The van der Waals surface area contributed by atoms with E-state index in [1.165, 1.54) is 0 Å². The van der Waals surface area contributed by atoms with Crippen LogP contribution in [0.5, 0.6) is 0 Å². The maximum atomic E-state index is 11.4. The van der Waals surface area contributed by atoms with E-state index in [1.807, 2.05) is 6.92 Å². The molecule has 76 valence electrons. The van der Waals surface area contributed by atoms with Crippen LogP contribution in [0.1, 0.15) is 17.4 Å². The van der Waals surface area contributed by atoms with Gasteiger partial charge in [-0.1, -0.05) is 13.0 Å². The molecule has 2 N–H and O–H groups in total. The molecule has 0 radical (unpaired) electrons. The average Bonchev–Trinajstić information content (AvgIpc) is 2.26. The number of hydrogen-bond donors (Lipinski definition) is 2. The Morgan fingerprint density at radius 3 is 3.00 bits per heavy atom. The van der Waals surface area contributed by atoms with Gasteiger partial charge < -0.3 is 10.4 Å². The van der Waals surface area contributed by atoms with E-state index < -0.39 is 0 Å². The van der Waals surface area contributed by atoms with Crippen molar-refractivity contribution < 1.29 is 9.90 Å². The van der Waals surface area contributed by atoms with Gasteiger partial charge in [-0.05, 0) is 18.1 Å². The molecule has 0 saturated heterocycles. The molecule has 1 amide bonds. The fourth-order valence-electron chi connectivity index (χ4n) is 0.919. The zero-order valence-corrected chi connectivity index (χ0v) is 8.10. The molecular formula is C10H14N2O2. The monoisotopic (exact) mass is 194 g/mol. The molecule has 4 heteroatoms. The first-order chi connectivity index (χ1) is 6.74. The maximum absolute atomic E-state index is 11.4. The molecule has 0 saturated carbocycles. The van der Waals surface area contributed by atoms with Gasteiger partial charge in [-0.2, -0.15) is 0 Å². The van der Waals surface area contributed by atoms with Crippen LogP contribution < -0.4 is 5.32 Å². The van der Waals surface area contributed by atoms with Crippen LogP contribution in [0.2, 0.25) is 0 Å². The van der Waals surface area contributed by atoms with E-state index in [4.69, 9.17) is 5.11 Å². The molecule has 0 spiro atoms. The van der Waals surface area contributed by atoms with Crippen LogP contribution in [-0.4, -0.2) is 29.1 Å². The van der Waals surface area contributed by atoms with E-state index in [9.17, 15) is 4.79 Å². The molecule has 0 aromatic carbocycles. The van der Waals surface area contributed by atoms with Crippen molar-refractivity contribution in [2.45, 2.75) is 6.92 Å². The minimum Gasteiger partial charge on any atom is -0.396 e. The van der Waals surface area contributed by atoms with Crippen LogP contribution in [0, 0.1) is 5.92 Å². The van der Waals surface area contributed by atoms with Gasteiger partial charge in [0.2, 0.25) is 0 Å². The van der Waals surface area contributed by atoms with Crippen molar-refractivity contribution in [2.75, 3.05) is 13.2 Å². The van der Waals surface area contributed by atoms with Crippen molar-refractivity contribution in [3.8, 4) is 0 Å². The van der Waals surface area contributed by atoms with Crippen LogP contribution in [0.15, 0.2) is 24.4 Å². The number of amides is 1. The smallest absolute Gasteiger partial charge is 0.269 e. The van der Waals surface area contributed by atoms with Crippen molar-refractivity contribution in [3.63, 3.8) is 0 Å². The third-order valence-corrected chi connectivity index (χ3v) is 1.82. The predicted molar refractivity (Wildman–Crippen MR) is 52.8 cm³/mol. The third kappa shape index (κ3) is 3.14. The van der Waals surface area contributed by atoms with Crippen molar-refractivity contribution in [1.82, 2.24) is 10.3 Å². The SMILES string of the molecule is CC(CO)CNC(=O)c1ccccn1. The van der Waals surface area contributed by atoms with E-state index in [-0.39, 0.29) is 18.4 Å². The minimum absolute atomic E-state index is 0.0719. The molecule has 1 unspecified atom stereocenters. The second kappa shape index (κ2) is 5.34. The van der Waals surface area contributed by atoms with E-state index in [0.717, 1.165) is 0 Å². The second-order valence-corrected chi connectivity index (χ2v) is 3.21. The molecule has 14 heavy (non-hydrogen) atoms. The number of aromatic nitrogens is 1. The topological polar surface area (TPSA) is 62.2 Å². The summed E-state index contributed by atoms with van der Waals surface area (Å²) >= 11 is 0. The Labute approximate surface area is 83.0 Å². The van der Waals surface area contributed by atoms with Gasteiger partial charge in [-0.25, -0.2) is 0 Å². The van der Waals surface area contributed by atoms with Crippen LogP contribution >= 0.6 is 0 Å². The Kier molecular flexibility index (Phi) is 4.07. The summed E-state index contributed by atoms with van der Waals surface area (Å²) in [6, 6.07) is 5.17. The molecule has 0 fully saturated rings. The summed E-state index contributed by atoms with van der Waals surface area (Å²) in [5.41, 5.74) is 0.401. The zero-order valence-electron chi connectivity index (χ0n) is 8.10. The highest BCUT2D eigenvalue weighted by Gasteiger charge is 2.07. The first-order valence-electron chi connectivity index (χ1n) is 4.54. The first kappa shape index (κ1) is 10.7. The second-order valence-electron chi connectivity index (χ2n) is 3.21. The normalized spacial score (nSPS) is 12.1. The first-order valence-corrected chi connectivity index (χ1v) is 4.54. The number of aliphatic hydroxyl groups is 1. The Bertz CT molecular complexity index is 287. The largest absolute Gasteiger partial charge is 0.396 e. The lowest BCUT2D eigenvalue weighted by Crippen LogP contribution is -2.30. The fourth-order valence-corrected chi connectivity index (χ4v) is 0.919. The van der Waals surface area contributed by atoms with Crippen molar-refractivity contribution in [3.05, 3.63) is 30.1 Å². The Morgan fingerprint density at radius 2 is 2.43 bits per heavy atom. The average molecular weight is 194 g/mol. The number of aliphatic hydroxyl groups excluding tert-OH is 1. The molecule has 0 bridgehead atoms. The third-order valence-electron chi connectivity index (χ3n) is 1.82. The summed E-state index contributed by atoms with van der Waals surface area (Å²) in [6.45, 7) is 2.40. The maximum Gasteiger partial charge on any atom is 0.269 e. The van der Waals surface area contributed by atoms with Gasteiger partial charge in [0, 0.05) is 19.3 Å². The van der Waals surface area contributed by atoms with Gasteiger partial charge in [-0.3, -0.25) is 9.78 Å². The van der Waals surface area contributed by atoms with Gasteiger partial charge >= 0.3 is 0 Å². The molecule has 1 rings (SSSR count). The summed E-state index contributed by atoms with van der Waals surface area (Å²) in [5, 5.41) is 11.4. The summed E-state index contributed by atoms with van der Waals surface area (Å²) < 4.78 is 0. The van der Waals surface area contributed by atoms with Gasteiger partial charge in [0.05, 0.1) is 0 Å². The molecule has 0 aliphatic rings. The van der Waals surface area contributed by atoms with E-state index in [1.54, 1.807) is 24.4 Å². The number of nitrogens with zero attached hydrogens (tertiary/aromatic N) is 1. The number of rotatable bonds is 4. The molecule has 0 aliphatic carbocycles. The molecule has 0 aliphatic heterocycles. The van der Waals surface area contributed by atoms with Gasteiger partial charge in [0.1, 0.15) is 5.69 Å². The van der Waals surface area contributed by atoms with E-state index >= 15 is 0 Å². The lowest BCUT2D eigenvalue weighted by molar-refractivity contribution is 0.0937. The summed E-state index contributed by atoms with van der Waals surface area (Å²) in [7, 11) is 0. The number of carbonyl (C=O) groups excluding carboxylic acids is 1. The minimum atomic E-state index is -0.203. The fraction of sp³-hybridized carbons (Fsp3) is 0.400. The Balaban J connectivity index is 2.44. The lowest BCUT2D eigenvalue weighted by atomic mass is 10.2. The van der Waals surface area contributed by atoms with E-state index in [2.05, 4.69) is 10.3 Å². The van der Waals surface area contributed by atoms with Gasteiger partial charge in [-0.15, -0.1) is 0 Å². The number of hydrogen-bond acceptors (Lipinski definition) is 3. The summed E-state index contributed by atoms with van der Waals surface area (Å²) in [4.78, 5) is 15.3. The molecule has 1 heterocycles. The highest BCUT2D eigenvalue weighted by atomic mass is 16.3. The quantitative estimate of drug-likeness (QED) is 0.731. The molecule has 1 atom stereocenters. The zero-order chi connectivity index (χ0) is 10.4. The van der Waals surface area contributed by atoms with Crippen LogP contribution in [0.25, 0.3) is 0 Å². The number of pyridine rings is 1. The lowest BCUT2D eigenvalue weighted by Gasteiger charge is -2.08. The standard InChI is InChI=1S/C10H14N2O2/c1-8(7-13)6-12-10(14)9-4-2-3-5-11-9/h2-5,8,13H,6-7H2,1H3,(H,12,14). The predicted octanol–water partition coefficient (Wildman–Crippen LogP) is 0.440. The van der Waals surface area contributed by atoms with Crippen LogP contribution in [-0.2, 0) is 0 Å². The molecule has 1 aromatic rings. The van der Waals surface area contributed by atoms with Crippen LogP contribution in [0.4, 0.5) is 0 Å². The van der Waals surface area contributed by atoms with Crippen molar-refractivity contribution in [2.24, 2.45) is 5.92 Å². The van der Waals surface area contributed by atoms with Crippen LogP contribution in [0.3, 0.4) is 0 Å². The summed E-state index contributed by atoms with van der Waals surface area (Å²) in [6.07, 6.45) is 1.57. The number of carbonyl (C=O) groups is 1.